The molecule has 1 aromatic carbocycles. The lowest BCUT2D eigenvalue weighted by Crippen LogP contribution is -2.24. The molecule has 6 nitrogen and oxygen atoms in total. The maximum atomic E-state index is 12.0. The van der Waals surface area contributed by atoms with E-state index in [1.165, 1.54) is 25.1 Å². The minimum absolute atomic E-state index is 0.0955. The zero-order valence-corrected chi connectivity index (χ0v) is 12.7. The summed E-state index contributed by atoms with van der Waals surface area (Å²) in [5.41, 5.74) is 0.346. The van der Waals surface area contributed by atoms with Crippen LogP contribution >= 0.6 is 0 Å². The second-order valence-corrected chi connectivity index (χ2v) is 5.94. The van der Waals surface area contributed by atoms with Crippen LogP contribution in [0.4, 0.5) is 5.69 Å². The molecule has 2 N–H and O–H groups in total. The predicted molar refractivity (Wildman–Crippen MR) is 77.4 cm³/mol. The molecule has 0 spiro atoms. The number of sulfonamides is 1. The molecule has 20 heavy (non-hydrogen) atoms. The summed E-state index contributed by atoms with van der Waals surface area (Å²) in [6, 6.07) is 4.38. The van der Waals surface area contributed by atoms with Crippen molar-refractivity contribution < 1.29 is 17.9 Å². The molecule has 1 amide bonds. The molecule has 0 heterocycles. The van der Waals surface area contributed by atoms with Crippen LogP contribution in [-0.2, 0) is 14.8 Å². The van der Waals surface area contributed by atoms with Gasteiger partial charge in [-0.1, -0.05) is 6.92 Å². The molecule has 0 saturated carbocycles. The van der Waals surface area contributed by atoms with Crippen molar-refractivity contribution in [1.29, 1.82) is 0 Å². The molecule has 0 aliphatic heterocycles. The molecule has 0 aliphatic rings. The summed E-state index contributed by atoms with van der Waals surface area (Å²) in [5.74, 6) is 0.152. The number of carbonyl (C=O) groups is 1. The number of hydrogen-bond donors (Lipinski definition) is 2. The van der Waals surface area contributed by atoms with Gasteiger partial charge in [-0.2, -0.15) is 0 Å². The van der Waals surface area contributed by atoms with E-state index in [2.05, 4.69) is 10.0 Å². The Morgan fingerprint density at radius 3 is 2.55 bits per heavy atom. The smallest absolute Gasteiger partial charge is 0.240 e. The van der Waals surface area contributed by atoms with Crippen molar-refractivity contribution in [3.05, 3.63) is 18.2 Å². The number of benzene rings is 1. The van der Waals surface area contributed by atoms with E-state index >= 15 is 0 Å². The summed E-state index contributed by atoms with van der Waals surface area (Å²) in [6.07, 6.45) is 0.703. The van der Waals surface area contributed by atoms with Crippen molar-refractivity contribution in [2.24, 2.45) is 0 Å². The van der Waals surface area contributed by atoms with Gasteiger partial charge in [-0.25, -0.2) is 13.1 Å². The Hall–Kier alpha value is -1.60. The van der Waals surface area contributed by atoms with E-state index in [1.807, 2.05) is 13.8 Å². The van der Waals surface area contributed by atoms with Crippen LogP contribution in [-0.4, -0.2) is 27.5 Å². The average molecular weight is 300 g/mol. The van der Waals surface area contributed by atoms with E-state index < -0.39 is 10.0 Å². The fraction of sp³-hybridized carbons (Fsp3) is 0.462. The highest BCUT2D eigenvalue weighted by Gasteiger charge is 2.16. The normalized spacial score (nSPS) is 11.2. The molecule has 0 fully saturated rings. The molecule has 1 aromatic rings. The Balaban J connectivity index is 3.14. The van der Waals surface area contributed by atoms with Crippen LogP contribution in [0.1, 0.15) is 27.2 Å². The van der Waals surface area contributed by atoms with Gasteiger partial charge in [0.1, 0.15) is 5.75 Å². The number of rotatable bonds is 7. The molecular weight excluding hydrogens is 280 g/mol. The summed E-state index contributed by atoms with van der Waals surface area (Å²) < 4.78 is 31.9. The zero-order chi connectivity index (χ0) is 15.2. The molecule has 112 valence electrons. The van der Waals surface area contributed by atoms with Gasteiger partial charge in [0.15, 0.2) is 0 Å². The highest BCUT2D eigenvalue weighted by Crippen LogP contribution is 2.27. The summed E-state index contributed by atoms with van der Waals surface area (Å²) in [4.78, 5) is 11.3. The van der Waals surface area contributed by atoms with Gasteiger partial charge in [-0.15, -0.1) is 0 Å². The van der Waals surface area contributed by atoms with Gasteiger partial charge in [-0.05, 0) is 31.5 Å². The predicted octanol–water partition coefficient (Wildman–Crippen LogP) is 1.73. The SMILES string of the molecule is CCCNS(=O)(=O)c1ccc(OCC)c(NC(C)=O)c1. The van der Waals surface area contributed by atoms with E-state index in [0.717, 1.165) is 0 Å². The van der Waals surface area contributed by atoms with Gasteiger partial charge in [0.05, 0.1) is 17.2 Å². The first-order chi connectivity index (χ1) is 9.40. The fourth-order valence-corrected chi connectivity index (χ4v) is 2.72. The number of carbonyl (C=O) groups excluding carboxylic acids is 1. The van der Waals surface area contributed by atoms with Crippen molar-refractivity contribution in [3.8, 4) is 5.75 Å². The average Bonchev–Trinajstić information content (AvgIpc) is 2.38. The monoisotopic (exact) mass is 300 g/mol. The third-order valence-electron chi connectivity index (χ3n) is 2.41. The summed E-state index contributed by atoms with van der Waals surface area (Å²) in [6.45, 7) is 5.83. The van der Waals surface area contributed by atoms with E-state index in [1.54, 1.807) is 0 Å². The van der Waals surface area contributed by atoms with Crippen molar-refractivity contribution >= 4 is 21.6 Å². The molecule has 0 aromatic heterocycles. The Morgan fingerprint density at radius 2 is 2.00 bits per heavy atom. The van der Waals surface area contributed by atoms with Crippen LogP contribution in [0.3, 0.4) is 0 Å². The third kappa shape index (κ3) is 4.50. The van der Waals surface area contributed by atoms with E-state index in [-0.39, 0.29) is 10.8 Å². The molecule has 1 rings (SSSR count). The first-order valence-corrected chi connectivity index (χ1v) is 7.93. The lowest BCUT2D eigenvalue weighted by Gasteiger charge is -2.13. The van der Waals surface area contributed by atoms with E-state index in [9.17, 15) is 13.2 Å². The van der Waals surface area contributed by atoms with Crippen molar-refractivity contribution in [3.63, 3.8) is 0 Å². The lowest BCUT2D eigenvalue weighted by molar-refractivity contribution is -0.114. The minimum Gasteiger partial charge on any atom is -0.492 e. The standard InChI is InChI=1S/C13H20N2O4S/c1-4-8-14-20(17,18)11-6-7-13(19-5-2)12(9-11)15-10(3)16/h6-7,9,14H,4-5,8H2,1-3H3,(H,15,16). The van der Waals surface area contributed by atoms with E-state index in [0.29, 0.717) is 31.0 Å². The topological polar surface area (TPSA) is 84.5 Å². The number of ether oxygens (including phenoxy) is 1. The number of anilines is 1. The van der Waals surface area contributed by atoms with Gasteiger partial charge in [0.25, 0.3) is 0 Å². The highest BCUT2D eigenvalue weighted by atomic mass is 32.2. The molecule has 0 bridgehead atoms. The molecule has 7 heteroatoms. The largest absolute Gasteiger partial charge is 0.492 e. The maximum absolute atomic E-state index is 12.0. The van der Waals surface area contributed by atoms with Gasteiger partial charge in [-0.3, -0.25) is 4.79 Å². The Kier molecular flexibility index (Phi) is 5.97. The number of hydrogen-bond acceptors (Lipinski definition) is 4. The summed E-state index contributed by atoms with van der Waals surface area (Å²) in [5, 5.41) is 2.57. The van der Waals surface area contributed by atoms with Crippen molar-refractivity contribution in [2.45, 2.75) is 32.1 Å². The van der Waals surface area contributed by atoms with Gasteiger partial charge >= 0.3 is 0 Å². The van der Waals surface area contributed by atoms with Crippen LogP contribution in [0, 0.1) is 0 Å². The molecule has 0 atom stereocenters. The quantitative estimate of drug-likeness (QED) is 0.803. The fourth-order valence-electron chi connectivity index (χ4n) is 1.56. The molecule has 0 saturated heterocycles. The first kappa shape index (κ1) is 16.5. The second-order valence-electron chi connectivity index (χ2n) is 4.17. The van der Waals surface area contributed by atoms with Crippen molar-refractivity contribution in [1.82, 2.24) is 4.72 Å². The second kappa shape index (κ2) is 7.25. The summed E-state index contributed by atoms with van der Waals surface area (Å²) >= 11 is 0. The Labute approximate surface area is 119 Å². The van der Waals surface area contributed by atoms with E-state index in [4.69, 9.17) is 4.74 Å². The van der Waals surface area contributed by atoms with Crippen LogP contribution in [0.5, 0.6) is 5.75 Å². The van der Waals surface area contributed by atoms with Gasteiger partial charge in [0.2, 0.25) is 15.9 Å². The summed E-state index contributed by atoms with van der Waals surface area (Å²) in [7, 11) is -3.57. The molecular formula is C13H20N2O4S. The maximum Gasteiger partial charge on any atom is 0.240 e. The van der Waals surface area contributed by atoms with Crippen LogP contribution in [0.15, 0.2) is 23.1 Å². The highest BCUT2D eigenvalue weighted by molar-refractivity contribution is 7.89. The molecule has 0 aliphatic carbocycles. The lowest BCUT2D eigenvalue weighted by atomic mass is 10.3. The third-order valence-corrected chi connectivity index (χ3v) is 3.87. The van der Waals surface area contributed by atoms with Crippen LogP contribution in [0.25, 0.3) is 0 Å². The Bertz CT molecular complexity index is 570. The first-order valence-electron chi connectivity index (χ1n) is 6.44. The number of amides is 1. The van der Waals surface area contributed by atoms with Crippen LogP contribution < -0.4 is 14.8 Å². The van der Waals surface area contributed by atoms with Gasteiger partial charge < -0.3 is 10.1 Å². The van der Waals surface area contributed by atoms with Crippen LogP contribution in [0.2, 0.25) is 0 Å². The Morgan fingerprint density at radius 1 is 1.30 bits per heavy atom. The van der Waals surface area contributed by atoms with Gasteiger partial charge in [0, 0.05) is 13.5 Å². The zero-order valence-electron chi connectivity index (χ0n) is 11.9. The molecule has 0 unspecified atom stereocenters. The minimum atomic E-state index is -3.57. The molecule has 0 radical (unpaired) electrons. The number of nitrogens with one attached hydrogen (secondary N) is 2. The van der Waals surface area contributed by atoms with Crippen molar-refractivity contribution in [2.75, 3.05) is 18.5 Å².